The Morgan fingerprint density at radius 3 is 2.59 bits per heavy atom. The molecule has 1 fully saturated rings. The Morgan fingerprint density at radius 2 is 1.95 bits per heavy atom. The average molecular weight is 319 g/mol. The summed E-state index contributed by atoms with van der Waals surface area (Å²) in [6.07, 6.45) is 9.85. The summed E-state index contributed by atoms with van der Waals surface area (Å²) in [5, 5.41) is 0. The van der Waals surface area contributed by atoms with E-state index in [9.17, 15) is 13.2 Å². The molecule has 1 amide bonds. The van der Waals surface area contributed by atoms with Gasteiger partial charge in [0.2, 0.25) is 5.91 Å². The number of aryl methyl sites for hydroxylation is 1. The van der Waals surface area contributed by atoms with E-state index in [1.54, 1.807) is 24.3 Å². The summed E-state index contributed by atoms with van der Waals surface area (Å²) in [5.41, 5.74) is 1.00. The lowest BCUT2D eigenvalue weighted by atomic mass is 10.1. The Morgan fingerprint density at radius 1 is 1.23 bits per heavy atom. The zero-order valence-corrected chi connectivity index (χ0v) is 13.6. The van der Waals surface area contributed by atoms with Crippen LogP contribution in [0.25, 0.3) is 0 Å². The van der Waals surface area contributed by atoms with Gasteiger partial charge in [0.05, 0.1) is 10.9 Å². The molecule has 118 valence electrons. The zero-order chi connectivity index (χ0) is 15.7. The van der Waals surface area contributed by atoms with Gasteiger partial charge in [-0.05, 0) is 43.4 Å². The number of hydrogen-bond acceptors (Lipinski definition) is 3. The molecular formula is C17H21NO3S. The van der Waals surface area contributed by atoms with E-state index < -0.39 is 9.84 Å². The van der Waals surface area contributed by atoms with Crippen LogP contribution in [0.4, 0.5) is 0 Å². The quantitative estimate of drug-likeness (QED) is 0.801. The standard InChI is InChI=1S/C17H21NO3S/c1-22(20,21)16-10-5-13(6-11-16)7-12-17(19)18-14-3-2-4-15(18)9-8-14/h2-3,5-6,10-11,14-15H,4,7-9,12H2,1H3. The molecule has 2 aliphatic rings. The lowest BCUT2D eigenvalue weighted by Gasteiger charge is -2.31. The van der Waals surface area contributed by atoms with E-state index in [1.165, 1.54) is 6.26 Å². The molecular weight excluding hydrogens is 298 g/mol. The number of rotatable bonds is 4. The Labute approximate surface area is 131 Å². The van der Waals surface area contributed by atoms with Crippen molar-refractivity contribution in [2.75, 3.05) is 6.26 Å². The number of hydrogen-bond donors (Lipinski definition) is 0. The number of carbonyl (C=O) groups is 1. The topological polar surface area (TPSA) is 54.5 Å². The molecule has 3 rings (SSSR count). The highest BCUT2D eigenvalue weighted by Crippen LogP contribution is 2.32. The van der Waals surface area contributed by atoms with Crippen LogP contribution in [0.1, 0.15) is 31.2 Å². The highest BCUT2D eigenvalue weighted by Gasteiger charge is 2.36. The molecule has 1 saturated heterocycles. The fourth-order valence-corrected chi connectivity index (χ4v) is 4.03. The second kappa shape index (κ2) is 5.88. The van der Waals surface area contributed by atoms with Gasteiger partial charge in [0, 0.05) is 18.7 Å². The molecule has 0 aliphatic carbocycles. The highest BCUT2D eigenvalue weighted by atomic mass is 32.2. The number of fused-ring (bicyclic) bond motifs is 2. The molecule has 2 heterocycles. The lowest BCUT2D eigenvalue weighted by Crippen LogP contribution is -2.42. The molecule has 22 heavy (non-hydrogen) atoms. The average Bonchev–Trinajstić information content (AvgIpc) is 2.74. The van der Waals surface area contributed by atoms with Crippen LogP contribution in [-0.4, -0.2) is 37.6 Å². The molecule has 0 radical (unpaired) electrons. The molecule has 1 aromatic rings. The summed E-state index contributed by atoms with van der Waals surface area (Å²) in [7, 11) is -3.16. The monoisotopic (exact) mass is 319 g/mol. The summed E-state index contributed by atoms with van der Waals surface area (Å²) < 4.78 is 22.9. The lowest BCUT2D eigenvalue weighted by molar-refractivity contribution is -0.133. The fraction of sp³-hybridized carbons (Fsp3) is 0.471. The van der Waals surface area contributed by atoms with Crippen molar-refractivity contribution in [3.63, 3.8) is 0 Å². The maximum absolute atomic E-state index is 12.5. The number of carbonyl (C=O) groups excluding carboxylic acids is 1. The van der Waals surface area contributed by atoms with Gasteiger partial charge in [-0.15, -0.1) is 0 Å². The Bertz CT molecular complexity index is 691. The summed E-state index contributed by atoms with van der Waals surface area (Å²) in [4.78, 5) is 14.8. The van der Waals surface area contributed by atoms with Crippen molar-refractivity contribution in [1.29, 1.82) is 0 Å². The first kappa shape index (κ1) is 15.3. The minimum absolute atomic E-state index is 0.212. The normalized spacial score (nSPS) is 23.8. The molecule has 1 aromatic carbocycles. The van der Waals surface area contributed by atoms with E-state index in [1.807, 2.05) is 4.90 Å². The molecule has 0 aromatic heterocycles. The SMILES string of the molecule is CS(=O)(=O)c1ccc(CCC(=O)N2C3C=CCC2CC3)cc1. The molecule has 4 nitrogen and oxygen atoms in total. The molecule has 0 N–H and O–H groups in total. The van der Waals surface area contributed by atoms with Crippen LogP contribution in [-0.2, 0) is 21.1 Å². The highest BCUT2D eigenvalue weighted by molar-refractivity contribution is 7.90. The molecule has 2 unspecified atom stereocenters. The van der Waals surface area contributed by atoms with Crippen LogP contribution in [0, 0.1) is 0 Å². The van der Waals surface area contributed by atoms with Crippen molar-refractivity contribution >= 4 is 15.7 Å². The van der Waals surface area contributed by atoms with Gasteiger partial charge in [-0.2, -0.15) is 0 Å². The van der Waals surface area contributed by atoms with Gasteiger partial charge < -0.3 is 4.90 Å². The van der Waals surface area contributed by atoms with Crippen LogP contribution in [0.3, 0.4) is 0 Å². The van der Waals surface area contributed by atoms with Gasteiger partial charge in [-0.3, -0.25) is 4.79 Å². The van der Waals surface area contributed by atoms with Crippen LogP contribution >= 0.6 is 0 Å². The van der Waals surface area contributed by atoms with Gasteiger partial charge in [0.15, 0.2) is 9.84 Å². The smallest absolute Gasteiger partial charge is 0.223 e. The molecule has 2 aliphatic heterocycles. The van der Waals surface area contributed by atoms with Crippen molar-refractivity contribution in [2.45, 2.75) is 49.1 Å². The van der Waals surface area contributed by atoms with Crippen molar-refractivity contribution in [2.24, 2.45) is 0 Å². The zero-order valence-electron chi connectivity index (χ0n) is 12.7. The van der Waals surface area contributed by atoms with Gasteiger partial charge in [0.1, 0.15) is 0 Å². The Kier molecular flexibility index (Phi) is 4.08. The third-order valence-electron chi connectivity index (χ3n) is 4.58. The predicted octanol–water partition coefficient (Wildman–Crippen LogP) is 2.34. The predicted molar refractivity (Wildman–Crippen MR) is 85.3 cm³/mol. The van der Waals surface area contributed by atoms with Gasteiger partial charge in [0.25, 0.3) is 0 Å². The first-order valence-corrected chi connectivity index (χ1v) is 9.61. The van der Waals surface area contributed by atoms with E-state index in [4.69, 9.17) is 0 Å². The second-order valence-corrected chi connectivity index (χ2v) is 8.20. The van der Waals surface area contributed by atoms with Crippen LogP contribution in [0.5, 0.6) is 0 Å². The molecule has 2 atom stereocenters. The van der Waals surface area contributed by atoms with Crippen LogP contribution < -0.4 is 0 Å². The third-order valence-corrected chi connectivity index (χ3v) is 5.71. The first-order chi connectivity index (χ1) is 10.4. The maximum Gasteiger partial charge on any atom is 0.223 e. The van der Waals surface area contributed by atoms with Gasteiger partial charge in [-0.25, -0.2) is 8.42 Å². The molecule has 0 saturated carbocycles. The summed E-state index contributed by atoms with van der Waals surface area (Å²) >= 11 is 0. The van der Waals surface area contributed by atoms with E-state index in [-0.39, 0.29) is 5.91 Å². The van der Waals surface area contributed by atoms with E-state index >= 15 is 0 Å². The Balaban J connectivity index is 1.61. The van der Waals surface area contributed by atoms with Crippen molar-refractivity contribution in [3.8, 4) is 0 Å². The summed E-state index contributed by atoms with van der Waals surface area (Å²) in [6, 6.07) is 7.50. The van der Waals surface area contributed by atoms with E-state index in [2.05, 4.69) is 12.2 Å². The summed E-state index contributed by atoms with van der Waals surface area (Å²) in [5.74, 6) is 0.212. The molecule has 5 heteroatoms. The number of benzene rings is 1. The number of amides is 1. The van der Waals surface area contributed by atoms with E-state index in [0.29, 0.717) is 29.8 Å². The largest absolute Gasteiger partial charge is 0.333 e. The number of nitrogens with zero attached hydrogens (tertiary/aromatic N) is 1. The minimum atomic E-state index is -3.16. The van der Waals surface area contributed by atoms with Crippen molar-refractivity contribution in [1.82, 2.24) is 4.90 Å². The number of sulfone groups is 1. The maximum atomic E-state index is 12.5. The second-order valence-electron chi connectivity index (χ2n) is 6.18. The van der Waals surface area contributed by atoms with E-state index in [0.717, 1.165) is 24.8 Å². The van der Waals surface area contributed by atoms with Gasteiger partial charge in [-0.1, -0.05) is 24.3 Å². The van der Waals surface area contributed by atoms with Gasteiger partial charge >= 0.3 is 0 Å². The van der Waals surface area contributed by atoms with Crippen molar-refractivity contribution < 1.29 is 13.2 Å². The minimum Gasteiger partial charge on any atom is -0.333 e. The van der Waals surface area contributed by atoms with Crippen LogP contribution in [0.15, 0.2) is 41.3 Å². The molecule has 0 spiro atoms. The fourth-order valence-electron chi connectivity index (χ4n) is 3.40. The molecule has 2 bridgehead atoms. The van der Waals surface area contributed by atoms with Crippen molar-refractivity contribution in [3.05, 3.63) is 42.0 Å². The Hall–Kier alpha value is -1.62. The van der Waals surface area contributed by atoms with Crippen LogP contribution in [0.2, 0.25) is 0 Å². The third kappa shape index (κ3) is 3.09. The first-order valence-electron chi connectivity index (χ1n) is 7.72. The summed E-state index contributed by atoms with van der Waals surface area (Å²) in [6.45, 7) is 0.